The fraction of sp³-hybridized carbons (Fsp3) is 0.409. The van der Waals surface area contributed by atoms with Crippen LogP contribution in [0, 0.1) is 5.92 Å². The van der Waals surface area contributed by atoms with Crippen molar-refractivity contribution in [2.75, 3.05) is 26.2 Å². The van der Waals surface area contributed by atoms with E-state index in [-0.39, 0.29) is 11.3 Å². The maximum absolute atomic E-state index is 13.0. The minimum Gasteiger partial charge on any atom is -0.341 e. The maximum atomic E-state index is 13.0. The summed E-state index contributed by atoms with van der Waals surface area (Å²) in [4.78, 5) is 15.2. The van der Waals surface area contributed by atoms with Crippen LogP contribution in [-0.2, 0) is 10.2 Å². The number of carbonyl (C=O) groups excluding carboxylic acids is 1. The molecule has 2 saturated heterocycles. The molecule has 2 aliphatic rings. The smallest absolute Gasteiger partial charge is 0.227 e. The van der Waals surface area contributed by atoms with E-state index < -0.39 is 0 Å². The van der Waals surface area contributed by atoms with Crippen molar-refractivity contribution >= 4 is 5.91 Å². The lowest BCUT2D eigenvalue weighted by Gasteiger charge is -2.44. The first-order valence-corrected chi connectivity index (χ1v) is 9.40. The molecule has 1 N–H and O–H groups in total. The highest BCUT2D eigenvalue weighted by Crippen LogP contribution is 2.40. The molecule has 2 aromatic carbocycles. The number of amides is 1. The number of likely N-dealkylation sites (tertiary alicyclic amines) is 1. The van der Waals surface area contributed by atoms with Crippen molar-refractivity contribution in [2.45, 2.75) is 24.7 Å². The Morgan fingerprint density at radius 1 is 1.00 bits per heavy atom. The Morgan fingerprint density at radius 2 is 1.64 bits per heavy atom. The van der Waals surface area contributed by atoms with Gasteiger partial charge < -0.3 is 10.2 Å². The summed E-state index contributed by atoms with van der Waals surface area (Å²) in [5.41, 5.74) is 2.55. The van der Waals surface area contributed by atoms with E-state index in [1.807, 2.05) is 0 Å². The number of nitrogens with one attached hydrogen (secondary N) is 1. The second-order valence-corrected chi connectivity index (χ2v) is 7.37. The van der Waals surface area contributed by atoms with Gasteiger partial charge in [-0.3, -0.25) is 4.79 Å². The zero-order valence-electron chi connectivity index (χ0n) is 14.7. The van der Waals surface area contributed by atoms with Gasteiger partial charge in [0, 0.05) is 25.0 Å². The monoisotopic (exact) mass is 334 g/mol. The number of rotatable bonds is 3. The quantitative estimate of drug-likeness (QED) is 0.935. The van der Waals surface area contributed by atoms with Crippen LogP contribution in [0.3, 0.4) is 0 Å². The van der Waals surface area contributed by atoms with E-state index in [1.165, 1.54) is 11.1 Å². The predicted octanol–water partition coefficient (Wildman–Crippen LogP) is 3.20. The summed E-state index contributed by atoms with van der Waals surface area (Å²) in [5, 5.41) is 3.33. The van der Waals surface area contributed by atoms with Gasteiger partial charge in [0.25, 0.3) is 0 Å². The van der Waals surface area contributed by atoms with Crippen molar-refractivity contribution < 1.29 is 4.79 Å². The van der Waals surface area contributed by atoms with E-state index in [4.69, 9.17) is 0 Å². The SMILES string of the molecule is O=C(C1CCNC1)N1CCCC(c2ccccc2)(c2ccccc2)C1. The van der Waals surface area contributed by atoms with Crippen LogP contribution in [0.1, 0.15) is 30.4 Å². The van der Waals surface area contributed by atoms with Gasteiger partial charge in [0.1, 0.15) is 0 Å². The highest BCUT2D eigenvalue weighted by Gasteiger charge is 2.41. The third-order valence-corrected chi connectivity index (χ3v) is 5.87. The van der Waals surface area contributed by atoms with Gasteiger partial charge in [-0.15, -0.1) is 0 Å². The first kappa shape index (κ1) is 16.3. The lowest BCUT2D eigenvalue weighted by Crippen LogP contribution is -2.51. The average Bonchev–Trinajstić information content (AvgIpc) is 3.23. The highest BCUT2D eigenvalue weighted by molar-refractivity contribution is 5.80. The van der Waals surface area contributed by atoms with Crippen LogP contribution in [0.25, 0.3) is 0 Å². The van der Waals surface area contributed by atoms with Gasteiger partial charge >= 0.3 is 0 Å². The van der Waals surface area contributed by atoms with Crippen molar-refractivity contribution in [3.8, 4) is 0 Å². The zero-order chi connectivity index (χ0) is 17.1. The molecule has 0 aromatic heterocycles. The van der Waals surface area contributed by atoms with Crippen molar-refractivity contribution in [1.82, 2.24) is 10.2 Å². The van der Waals surface area contributed by atoms with Crippen molar-refractivity contribution in [1.29, 1.82) is 0 Å². The number of benzene rings is 2. The van der Waals surface area contributed by atoms with Crippen LogP contribution in [0.2, 0.25) is 0 Å². The molecule has 2 heterocycles. The normalized spacial score (nSPS) is 22.7. The molecule has 2 aromatic rings. The molecule has 3 nitrogen and oxygen atoms in total. The fourth-order valence-corrected chi connectivity index (χ4v) is 4.52. The molecule has 1 amide bonds. The molecular formula is C22H26N2O. The summed E-state index contributed by atoms with van der Waals surface area (Å²) >= 11 is 0. The van der Waals surface area contributed by atoms with Gasteiger partial charge in [0.2, 0.25) is 5.91 Å². The second kappa shape index (κ2) is 7.01. The number of nitrogens with zero attached hydrogens (tertiary/aromatic N) is 1. The summed E-state index contributed by atoms with van der Waals surface area (Å²) in [5.74, 6) is 0.489. The summed E-state index contributed by atoms with van der Waals surface area (Å²) in [6, 6.07) is 21.5. The lowest BCUT2D eigenvalue weighted by molar-refractivity contribution is -0.136. The van der Waals surface area contributed by atoms with E-state index in [2.05, 4.69) is 70.9 Å². The standard InChI is InChI=1S/C22H26N2O/c25-21(18-12-14-23-16-18)24-15-7-13-22(17-24,19-8-3-1-4-9-19)20-10-5-2-6-11-20/h1-6,8-11,18,23H,7,12-17H2. The molecule has 2 aliphatic heterocycles. The number of hydrogen-bond acceptors (Lipinski definition) is 2. The van der Waals surface area contributed by atoms with Crippen LogP contribution < -0.4 is 5.32 Å². The topological polar surface area (TPSA) is 32.3 Å². The van der Waals surface area contributed by atoms with Gasteiger partial charge in [-0.05, 0) is 36.9 Å². The van der Waals surface area contributed by atoms with Gasteiger partial charge in [0.15, 0.2) is 0 Å². The molecule has 0 saturated carbocycles. The van der Waals surface area contributed by atoms with Crippen molar-refractivity contribution in [3.63, 3.8) is 0 Å². The molecule has 1 unspecified atom stereocenters. The average molecular weight is 334 g/mol. The van der Waals surface area contributed by atoms with Crippen LogP contribution in [0.15, 0.2) is 60.7 Å². The maximum Gasteiger partial charge on any atom is 0.227 e. The molecule has 4 rings (SSSR count). The van der Waals surface area contributed by atoms with E-state index in [1.54, 1.807) is 0 Å². The van der Waals surface area contributed by atoms with E-state index in [9.17, 15) is 4.79 Å². The fourth-order valence-electron chi connectivity index (χ4n) is 4.52. The van der Waals surface area contributed by atoms with E-state index >= 15 is 0 Å². The molecule has 25 heavy (non-hydrogen) atoms. The first-order chi connectivity index (χ1) is 12.3. The third kappa shape index (κ3) is 3.09. The van der Waals surface area contributed by atoms with Crippen LogP contribution in [-0.4, -0.2) is 37.0 Å². The summed E-state index contributed by atoms with van der Waals surface area (Å²) in [7, 11) is 0. The molecule has 0 bridgehead atoms. The Bertz CT molecular complexity index is 668. The van der Waals surface area contributed by atoms with Gasteiger partial charge in [-0.25, -0.2) is 0 Å². The van der Waals surface area contributed by atoms with Crippen molar-refractivity contribution in [2.24, 2.45) is 5.92 Å². The number of piperidine rings is 1. The van der Waals surface area contributed by atoms with Crippen LogP contribution in [0.5, 0.6) is 0 Å². The highest BCUT2D eigenvalue weighted by atomic mass is 16.2. The Kier molecular flexibility index (Phi) is 4.58. The van der Waals surface area contributed by atoms with Crippen molar-refractivity contribution in [3.05, 3.63) is 71.8 Å². The largest absolute Gasteiger partial charge is 0.341 e. The molecule has 0 aliphatic carbocycles. The van der Waals surface area contributed by atoms with Crippen LogP contribution >= 0.6 is 0 Å². The Balaban J connectivity index is 1.70. The predicted molar refractivity (Wildman–Crippen MR) is 100 cm³/mol. The molecule has 0 radical (unpaired) electrons. The van der Waals surface area contributed by atoms with Gasteiger partial charge in [-0.2, -0.15) is 0 Å². The number of hydrogen-bond donors (Lipinski definition) is 1. The summed E-state index contributed by atoms with van der Waals surface area (Å²) < 4.78 is 0. The van der Waals surface area contributed by atoms with E-state index in [0.717, 1.165) is 45.4 Å². The molecule has 2 fully saturated rings. The summed E-state index contributed by atoms with van der Waals surface area (Å²) in [6.07, 6.45) is 3.11. The first-order valence-electron chi connectivity index (χ1n) is 9.40. The molecule has 130 valence electrons. The van der Waals surface area contributed by atoms with Gasteiger partial charge in [-0.1, -0.05) is 60.7 Å². The van der Waals surface area contributed by atoms with Crippen LogP contribution in [0.4, 0.5) is 0 Å². The zero-order valence-corrected chi connectivity index (χ0v) is 14.7. The molecular weight excluding hydrogens is 308 g/mol. The van der Waals surface area contributed by atoms with E-state index in [0.29, 0.717) is 5.91 Å². The summed E-state index contributed by atoms with van der Waals surface area (Å²) in [6.45, 7) is 3.47. The number of carbonyl (C=O) groups is 1. The minimum atomic E-state index is -0.0948. The van der Waals surface area contributed by atoms with Gasteiger partial charge in [0.05, 0.1) is 5.92 Å². The molecule has 1 atom stereocenters. The second-order valence-electron chi connectivity index (χ2n) is 7.37. The Hall–Kier alpha value is -2.13. The molecule has 3 heteroatoms. The third-order valence-electron chi connectivity index (χ3n) is 5.87. The minimum absolute atomic E-state index is 0.0948. The Morgan fingerprint density at radius 3 is 2.20 bits per heavy atom. The molecule has 0 spiro atoms. The lowest BCUT2D eigenvalue weighted by atomic mass is 9.69. The Labute approximate surface area is 150 Å².